The molecule has 0 bridgehead atoms. The number of anilines is 2. The van der Waals surface area contributed by atoms with Gasteiger partial charge in [0.15, 0.2) is 11.6 Å². The molecule has 5 aromatic rings. The number of H-pyrrole nitrogens is 1. The number of nitrogens with one attached hydrogen (secondary N) is 1. The highest BCUT2D eigenvalue weighted by Crippen LogP contribution is 2.38. The van der Waals surface area contributed by atoms with E-state index in [0.717, 1.165) is 106 Å². The molecule has 3 saturated heterocycles. The minimum Gasteiger partial charge on any atom is -0.488 e. The topological polar surface area (TPSA) is 114 Å². The molecule has 0 spiro atoms. The van der Waals surface area contributed by atoms with E-state index in [2.05, 4.69) is 50.8 Å². The summed E-state index contributed by atoms with van der Waals surface area (Å²) in [6.45, 7) is 13.9. The number of aryl methyl sites for hydroxylation is 1. The van der Waals surface area contributed by atoms with Crippen molar-refractivity contribution in [1.29, 1.82) is 0 Å². The first-order chi connectivity index (χ1) is 26.2. The number of nitrogens with two attached hydrogens (primary N) is 1. The fourth-order valence-corrected chi connectivity index (χ4v) is 8.13. The second kappa shape index (κ2) is 15.4. The average molecular weight is 736 g/mol. The van der Waals surface area contributed by atoms with Crippen molar-refractivity contribution in [2.45, 2.75) is 64.6 Å². The Morgan fingerprint density at radius 1 is 0.926 bits per heavy atom. The van der Waals surface area contributed by atoms with Gasteiger partial charge < -0.3 is 34.7 Å². The molecule has 3 aliphatic heterocycles. The molecule has 11 nitrogen and oxygen atoms in total. The van der Waals surface area contributed by atoms with Gasteiger partial charge in [-0.05, 0) is 101 Å². The molecule has 0 amide bonds. The molecule has 3 aliphatic rings. The number of rotatable bonds is 10. The summed E-state index contributed by atoms with van der Waals surface area (Å²) in [6, 6.07) is 18.9. The van der Waals surface area contributed by atoms with Gasteiger partial charge >= 0.3 is 0 Å². The predicted molar refractivity (Wildman–Crippen MR) is 209 cm³/mol. The minimum absolute atomic E-state index is 0.136. The van der Waals surface area contributed by atoms with Gasteiger partial charge in [-0.2, -0.15) is 5.10 Å². The van der Waals surface area contributed by atoms with Crippen molar-refractivity contribution in [2.24, 2.45) is 0 Å². The van der Waals surface area contributed by atoms with Crippen LogP contribution in [0.4, 0.5) is 15.9 Å². The lowest BCUT2D eigenvalue weighted by atomic mass is 10.0. The lowest BCUT2D eigenvalue weighted by molar-refractivity contribution is 0.0114. The van der Waals surface area contributed by atoms with Gasteiger partial charge in [0, 0.05) is 62.3 Å². The number of halogens is 1. The molecule has 284 valence electrons. The molecule has 2 aromatic heterocycles. The van der Waals surface area contributed by atoms with Crippen molar-refractivity contribution in [3.63, 3.8) is 0 Å². The number of hydrogen-bond donors (Lipinski definition) is 2. The number of aromatic amines is 1. The van der Waals surface area contributed by atoms with Gasteiger partial charge in [0.2, 0.25) is 5.78 Å². The van der Waals surface area contributed by atoms with E-state index in [1.807, 2.05) is 19.1 Å². The van der Waals surface area contributed by atoms with E-state index < -0.39 is 5.82 Å². The summed E-state index contributed by atoms with van der Waals surface area (Å²) in [7, 11) is 0. The third-order valence-corrected chi connectivity index (χ3v) is 11.3. The van der Waals surface area contributed by atoms with Crippen LogP contribution in [0.15, 0.2) is 66.9 Å². The molecule has 54 heavy (non-hydrogen) atoms. The fourth-order valence-electron chi connectivity index (χ4n) is 8.13. The van der Waals surface area contributed by atoms with E-state index in [4.69, 9.17) is 19.9 Å². The Kier molecular flexibility index (Phi) is 10.3. The Bertz CT molecular complexity index is 2110. The summed E-state index contributed by atoms with van der Waals surface area (Å²) in [5.41, 5.74) is 10.7. The van der Waals surface area contributed by atoms with Gasteiger partial charge in [-0.15, -0.1) is 0 Å². The van der Waals surface area contributed by atoms with Crippen molar-refractivity contribution in [3.05, 3.63) is 89.5 Å². The van der Waals surface area contributed by atoms with Crippen molar-refractivity contribution >= 4 is 28.2 Å². The van der Waals surface area contributed by atoms with Crippen LogP contribution in [-0.4, -0.2) is 101 Å². The number of piperidine rings is 2. The second-order valence-corrected chi connectivity index (χ2v) is 15.1. The third-order valence-electron chi connectivity index (χ3n) is 11.3. The zero-order valence-electron chi connectivity index (χ0n) is 31.4. The van der Waals surface area contributed by atoms with Crippen LogP contribution >= 0.6 is 0 Å². The van der Waals surface area contributed by atoms with Gasteiger partial charge in [0.05, 0.1) is 42.0 Å². The quantitative estimate of drug-likeness (QED) is 0.147. The molecule has 5 heterocycles. The van der Waals surface area contributed by atoms with E-state index >= 15 is 0 Å². The van der Waals surface area contributed by atoms with Gasteiger partial charge in [0.25, 0.3) is 0 Å². The maximum atomic E-state index is 14.2. The van der Waals surface area contributed by atoms with Crippen LogP contribution in [0.5, 0.6) is 17.2 Å². The Hall–Kier alpha value is -4.91. The summed E-state index contributed by atoms with van der Waals surface area (Å²) < 4.78 is 34.0. The molecule has 0 saturated carbocycles. The summed E-state index contributed by atoms with van der Waals surface area (Å²) >= 11 is 0. The van der Waals surface area contributed by atoms with Gasteiger partial charge in [0.1, 0.15) is 23.4 Å². The largest absolute Gasteiger partial charge is 0.488 e. The zero-order valence-corrected chi connectivity index (χ0v) is 31.4. The molecule has 0 unspecified atom stereocenters. The Balaban J connectivity index is 1.04. The molecule has 0 aliphatic carbocycles. The molecule has 3 fully saturated rings. The number of carbonyl (C=O) groups is 1. The van der Waals surface area contributed by atoms with Crippen LogP contribution in [0.3, 0.4) is 0 Å². The number of morpholine rings is 1. The average Bonchev–Trinajstić information content (AvgIpc) is 3.79. The fraction of sp³-hybridized carbons (Fsp3) is 0.429. The predicted octanol–water partition coefficient (Wildman–Crippen LogP) is 6.96. The molecule has 3 aromatic carbocycles. The second-order valence-electron chi connectivity index (χ2n) is 15.1. The zero-order chi connectivity index (χ0) is 37.3. The number of fused-ring (bicyclic) bond motifs is 1. The first kappa shape index (κ1) is 36.1. The normalized spacial score (nSPS) is 18.1. The molecule has 0 radical (unpaired) electrons. The summed E-state index contributed by atoms with van der Waals surface area (Å²) in [4.78, 5) is 25.0. The number of aromatic nitrogens is 3. The smallest absolute Gasteiger partial charge is 0.214 e. The Morgan fingerprint density at radius 2 is 1.69 bits per heavy atom. The highest BCUT2D eigenvalue weighted by molar-refractivity contribution is 6.12. The van der Waals surface area contributed by atoms with E-state index in [-0.39, 0.29) is 23.5 Å². The SMILES string of the molecule is Cc1cc(-n2ncc(C(=O)c3cc4cc(OC5CCN(C(C)C)CC5)c(N5CCC(N6CCOCC6)CC5)cc4[nH]3)c2N)ccc1Oc1ccccc1F. The van der Waals surface area contributed by atoms with Gasteiger partial charge in [-0.25, -0.2) is 9.07 Å². The summed E-state index contributed by atoms with van der Waals surface area (Å²) in [5.74, 6) is 1.06. The number of likely N-dealkylation sites (tertiary alicyclic amines) is 1. The number of para-hydroxylation sites is 1. The Morgan fingerprint density at radius 3 is 2.41 bits per heavy atom. The van der Waals surface area contributed by atoms with Gasteiger partial charge in [-0.1, -0.05) is 12.1 Å². The van der Waals surface area contributed by atoms with Crippen molar-refractivity contribution < 1.29 is 23.4 Å². The van der Waals surface area contributed by atoms with Crippen LogP contribution < -0.4 is 20.1 Å². The van der Waals surface area contributed by atoms with Crippen LogP contribution in [0.1, 0.15) is 61.1 Å². The number of hydrogen-bond acceptors (Lipinski definition) is 9. The van der Waals surface area contributed by atoms with E-state index in [0.29, 0.717) is 34.8 Å². The molecule has 12 heteroatoms. The molecule has 0 atom stereocenters. The standard InChI is InChI=1S/C42H50FN7O4/c1-27(2)47-16-12-32(13-17-47)53-40-24-29-23-36(46-35(29)25-37(40)49-14-10-30(11-15-49)48-18-20-52-21-19-48)41(51)33-26-45-50(42(33)44)31-8-9-38(28(3)22-31)54-39-7-5-4-6-34(39)43/h4-9,22-27,30,32,46H,10-21,44H2,1-3H3. The lowest BCUT2D eigenvalue weighted by Gasteiger charge is -2.41. The van der Waals surface area contributed by atoms with Crippen molar-refractivity contribution in [2.75, 3.05) is 63.1 Å². The minimum atomic E-state index is -0.441. The molecular weight excluding hydrogens is 686 g/mol. The van der Waals surface area contributed by atoms with Crippen LogP contribution in [0.2, 0.25) is 0 Å². The molecule has 3 N–H and O–H groups in total. The highest BCUT2D eigenvalue weighted by atomic mass is 19.1. The van der Waals surface area contributed by atoms with E-state index in [9.17, 15) is 9.18 Å². The van der Waals surface area contributed by atoms with Crippen LogP contribution in [-0.2, 0) is 4.74 Å². The first-order valence-electron chi connectivity index (χ1n) is 19.3. The van der Waals surface area contributed by atoms with Crippen molar-refractivity contribution in [3.8, 4) is 22.9 Å². The molecular formula is C42H50FN7O4. The Labute approximate surface area is 315 Å². The molecule has 8 rings (SSSR count). The monoisotopic (exact) mass is 735 g/mol. The van der Waals surface area contributed by atoms with Crippen molar-refractivity contribution in [1.82, 2.24) is 24.6 Å². The van der Waals surface area contributed by atoms with E-state index in [1.165, 1.54) is 16.9 Å². The number of nitrogens with zero attached hydrogens (tertiary/aromatic N) is 5. The summed E-state index contributed by atoms with van der Waals surface area (Å²) in [6.07, 6.45) is 5.78. The summed E-state index contributed by atoms with van der Waals surface area (Å²) in [5, 5.41) is 5.39. The van der Waals surface area contributed by atoms with Gasteiger partial charge in [-0.3, -0.25) is 9.69 Å². The van der Waals surface area contributed by atoms with Crippen LogP contribution in [0, 0.1) is 12.7 Å². The maximum Gasteiger partial charge on any atom is 0.214 e. The highest BCUT2D eigenvalue weighted by Gasteiger charge is 2.30. The number of ether oxygens (including phenoxy) is 3. The van der Waals surface area contributed by atoms with E-state index in [1.54, 1.807) is 30.3 Å². The first-order valence-corrected chi connectivity index (χ1v) is 19.3. The third kappa shape index (κ3) is 7.42. The lowest BCUT2D eigenvalue weighted by Crippen LogP contribution is -2.49. The number of carbonyl (C=O) groups excluding carboxylic acids is 1. The number of benzene rings is 3. The maximum absolute atomic E-state index is 14.2. The number of ketones is 1. The van der Waals surface area contributed by atoms with Crippen LogP contribution in [0.25, 0.3) is 16.6 Å². The number of nitrogen functional groups attached to an aromatic ring is 1.